The molecular weight excluding hydrogens is 379 g/mol. The van der Waals surface area contributed by atoms with Gasteiger partial charge in [0.2, 0.25) is 0 Å². The van der Waals surface area contributed by atoms with Gasteiger partial charge in [0.25, 0.3) is 0 Å². The summed E-state index contributed by atoms with van der Waals surface area (Å²) >= 11 is 0. The summed E-state index contributed by atoms with van der Waals surface area (Å²) in [5, 5.41) is 2.99. The van der Waals surface area contributed by atoms with Crippen molar-refractivity contribution in [2.24, 2.45) is 0 Å². The average Bonchev–Trinajstić information content (AvgIpc) is 2.71. The van der Waals surface area contributed by atoms with Crippen molar-refractivity contribution in [3.05, 3.63) is 71.8 Å². The van der Waals surface area contributed by atoms with E-state index >= 15 is 0 Å². The number of hydrogen-bond acceptors (Lipinski definition) is 5. The molecule has 0 amide bonds. The number of anilines is 4. The van der Waals surface area contributed by atoms with E-state index in [1.807, 2.05) is 11.0 Å². The highest BCUT2D eigenvalue weighted by Crippen LogP contribution is 2.24. The third-order valence-corrected chi connectivity index (χ3v) is 4.81. The van der Waals surface area contributed by atoms with Crippen molar-refractivity contribution in [3.8, 4) is 0 Å². The minimum absolute atomic E-state index is 0.225. The highest BCUT2D eigenvalue weighted by atomic mass is 19.2. The van der Waals surface area contributed by atoms with Crippen LogP contribution >= 0.6 is 0 Å². The lowest BCUT2D eigenvalue weighted by Gasteiger charge is -2.37. The number of para-hydroxylation sites is 1. The minimum Gasteiger partial charge on any atom is -0.366 e. The molecule has 3 aromatic rings. The van der Waals surface area contributed by atoms with Crippen LogP contribution in [0.15, 0.2) is 48.5 Å². The van der Waals surface area contributed by atoms with Crippen LogP contribution in [0.4, 0.5) is 36.2 Å². The molecule has 4 rings (SSSR count). The second kappa shape index (κ2) is 7.98. The third-order valence-electron chi connectivity index (χ3n) is 4.81. The highest BCUT2D eigenvalue weighted by molar-refractivity contribution is 5.60. The van der Waals surface area contributed by atoms with Gasteiger partial charge in [0, 0.05) is 44.0 Å². The molecule has 1 aliphatic heterocycles. The van der Waals surface area contributed by atoms with E-state index in [2.05, 4.69) is 20.2 Å². The fourth-order valence-electron chi connectivity index (χ4n) is 3.38. The molecule has 0 radical (unpaired) electrons. The zero-order chi connectivity index (χ0) is 20.4. The summed E-state index contributed by atoms with van der Waals surface area (Å²) in [6, 6.07) is 12.1. The zero-order valence-corrected chi connectivity index (χ0v) is 15.9. The molecule has 0 bridgehead atoms. The molecule has 1 N–H and O–H groups in total. The molecule has 1 aromatic heterocycles. The maximum atomic E-state index is 14.0. The number of nitrogens with zero attached hydrogens (tertiary/aromatic N) is 4. The van der Waals surface area contributed by atoms with Crippen molar-refractivity contribution in [2.75, 3.05) is 41.3 Å². The van der Waals surface area contributed by atoms with E-state index in [9.17, 15) is 13.2 Å². The molecule has 1 fully saturated rings. The second-order valence-electron chi connectivity index (χ2n) is 6.84. The van der Waals surface area contributed by atoms with Crippen molar-refractivity contribution in [1.29, 1.82) is 0 Å². The molecule has 0 saturated carbocycles. The van der Waals surface area contributed by atoms with E-state index in [-0.39, 0.29) is 5.82 Å². The van der Waals surface area contributed by atoms with Crippen molar-refractivity contribution >= 4 is 23.0 Å². The van der Waals surface area contributed by atoms with Crippen molar-refractivity contribution in [2.45, 2.75) is 6.92 Å². The summed E-state index contributed by atoms with van der Waals surface area (Å²) in [6.45, 7) is 4.45. The van der Waals surface area contributed by atoms with Gasteiger partial charge in [-0.2, -0.15) is 0 Å². The summed E-state index contributed by atoms with van der Waals surface area (Å²) in [7, 11) is 0. The first-order chi connectivity index (χ1) is 14.0. The van der Waals surface area contributed by atoms with Gasteiger partial charge >= 0.3 is 0 Å². The molecule has 0 unspecified atom stereocenters. The molecule has 8 heteroatoms. The Morgan fingerprint density at radius 1 is 0.793 bits per heavy atom. The molecule has 150 valence electrons. The normalized spacial score (nSPS) is 14.2. The van der Waals surface area contributed by atoms with Gasteiger partial charge in [-0.15, -0.1) is 0 Å². The van der Waals surface area contributed by atoms with Gasteiger partial charge in [-0.25, -0.2) is 23.1 Å². The molecule has 5 nitrogen and oxygen atoms in total. The molecule has 0 spiro atoms. The summed E-state index contributed by atoms with van der Waals surface area (Å²) in [4.78, 5) is 12.9. The topological polar surface area (TPSA) is 44.3 Å². The Hall–Kier alpha value is -3.29. The number of benzene rings is 2. The Balaban J connectivity index is 1.48. The number of hydrogen-bond donors (Lipinski definition) is 1. The SMILES string of the molecule is Cc1nc(Nc2ccc(F)c(F)c2)cc(N2CCN(c3ccccc3F)CC2)n1. The van der Waals surface area contributed by atoms with Crippen LogP contribution in [-0.2, 0) is 0 Å². The molecule has 2 heterocycles. The molecule has 1 saturated heterocycles. The Kier molecular flexibility index (Phi) is 5.24. The highest BCUT2D eigenvalue weighted by Gasteiger charge is 2.21. The number of aromatic nitrogens is 2. The molecule has 0 aliphatic carbocycles. The van der Waals surface area contributed by atoms with Gasteiger partial charge in [0.15, 0.2) is 11.6 Å². The summed E-state index contributed by atoms with van der Waals surface area (Å²) in [5.74, 6) is -0.264. The maximum Gasteiger partial charge on any atom is 0.160 e. The van der Waals surface area contributed by atoms with Gasteiger partial charge < -0.3 is 15.1 Å². The van der Waals surface area contributed by atoms with Crippen LogP contribution in [-0.4, -0.2) is 36.1 Å². The monoisotopic (exact) mass is 399 g/mol. The van der Waals surface area contributed by atoms with Crippen LogP contribution in [0.25, 0.3) is 0 Å². The predicted octanol–water partition coefficient (Wildman–Crippen LogP) is 4.27. The summed E-state index contributed by atoms with van der Waals surface area (Å²) < 4.78 is 40.6. The summed E-state index contributed by atoms with van der Waals surface area (Å²) in [5.41, 5.74) is 1.00. The first kappa shape index (κ1) is 19.0. The van der Waals surface area contributed by atoms with Crippen LogP contribution in [0.1, 0.15) is 5.82 Å². The van der Waals surface area contributed by atoms with E-state index in [1.165, 1.54) is 12.1 Å². The quantitative estimate of drug-likeness (QED) is 0.710. The lowest BCUT2D eigenvalue weighted by atomic mass is 10.2. The first-order valence-electron chi connectivity index (χ1n) is 9.32. The van der Waals surface area contributed by atoms with Crippen LogP contribution < -0.4 is 15.1 Å². The van der Waals surface area contributed by atoms with Crippen LogP contribution in [0.2, 0.25) is 0 Å². The molecular formula is C21H20F3N5. The lowest BCUT2D eigenvalue weighted by molar-refractivity contribution is 0.509. The molecule has 2 aromatic carbocycles. The van der Waals surface area contributed by atoms with E-state index in [0.29, 0.717) is 49.2 Å². The van der Waals surface area contributed by atoms with E-state index in [4.69, 9.17) is 0 Å². The smallest absolute Gasteiger partial charge is 0.160 e. The van der Waals surface area contributed by atoms with Gasteiger partial charge in [0.1, 0.15) is 23.3 Å². The maximum absolute atomic E-state index is 14.0. The number of nitrogens with one attached hydrogen (secondary N) is 1. The van der Waals surface area contributed by atoms with E-state index < -0.39 is 11.6 Å². The fourth-order valence-corrected chi connectivity index (χ4v) is 3.38. The van der Waals surface area contributed by atoms with Crippen molar-refractivity contribution < 1.29 is 13.2 Å². The Morgan fingerprint density at radius 2 is 1.52 bits per heavy atom. The van der Waals surface area contributed by atoms with E-state index in [1.54, 1.807) is 25.1 Å². The predicted molar refractivity (Wildman–Crippen MR) is 107 cm³/mol. The Bertz CT molecular complexity index is 1020. The van der Waals surface area contributed by atoms with E-state index in [0.717, 1.165) is 18.0 Å². The number of aryl methyl sites for hydroxylation is 1. The summed E-state index contributed by atoms with van der Waals surface area (Å²) in [6.07, 6.45) is 0. The average molecular weight is 399 g/mol. The van der Waals surface area contributed by atoms with Crippen LogP contribution in [0.3, 0.4) is 0 Å². The molecule has 1 aliphatic rings. The van der Waals surface area contributed by atoms with Gasteiger partial charge in [0.05, 0.1) is 5.69 Å². The molecule has 29 heavy (non-hydrogen) atoms. The van der Waals surface area contributed by atoms with Gasteiger partial charge in [-0.3, -0.25) is 0 Å². The van der Waals surface area contributed by atoms with Crippen LogP contribution in [0.5, 0.6) is 0 Å². The lowest BCUT2D eigenvalue weighted by Crippen LogP contribution is -2.47. The Morgan fingerprint density at radius 3 is 2.24 bits per heavy atom. The molecule has 0 atom stereocenters. The van der Waals surface area contributed by atoms with Gasteiger partial charge in [-0.1, -0.05) is 12.1 Å². The fraction of sp³-hybridized carbons (Fsp3) is 0.238. The largest absolute Gasteiger partial charge is 0.366 e. The minimum atomic E-state index is -0.926. The number of rotatable bonds is 4. The first-order valence-corrected chi connectivity index (χ1v) is 9.32. The van der Waals surface area contributed by atoms with Crippen molar-refractivity contribution in [3.63, 3.8) is 0 Å². The van der Waals surface area contributed by atoms with Crippen LogP contribution in [0, 0.1) is 24.4 Å². The van der Waals surface area contributed by atoms with Crippen molar-refractivity contribution in [1.82, 2.24) is 9.97 Å². The zero-order valence-electron chi connectivity index (χ0n) is 15.9. The standard InChI is InChI=1S/C21H20F3N5/c1-14-25-20(27-15-6-7-16(22)18(24)12-15)13-21(26-14)29-10-8-28(9-11-29)19-5-3-2-4-17(19)23/h2-7,12-13H,8-11H2,1H3,(H,25,26,27). The Labute approximate surface area is 166 Å². The third kappa shape index (κ3) is 4.26. The second-order valence-corrected chi connectivity index (χ2v) is 6.84. The number of piperazine rings is 1. The van der Waals surface area contributed by atoms with Gasteiger partial charge in [-0.05, 0) is 31.2 Å². The number of halogens is 3.